The first-order valence-electron chi connectivity index (χ1n) is 23.7. The van der Waals surface area contributed by atoms with Crippen molar-refractivity contribution in [3.8, 4) is 33.4 Å². The molecule has 0 saturated carbocycles. The zero-order valence-electron chi connectivity index (χ0n) is 38.0. The molecule has 10 aromatic carbocycles. The van der Waals surface area contributed by atoms with Gasteiger partial charge >= 0.3 is 0 Å². The second-order valence-electron chi connectivity index (χ2n) is 19.1. The van der Waals surface area contributed by atoms with Gasteiger partial charge in [0, 0.05) is 22.5 Å². The molecule has 13 rings (SSSR count). The molecule has 67 heavy (non-hydrogen) atoms. The molecule has 318 valence electrons. The van der Waals surface area contributed by atoms with Gasteiger partial charge in [-0.1, -0.05) is 213 Å². The van der Waals surface area contributed by atoms with Crippen LogP contribution in [0, 0.1) is 6.92 Å². The first kappa shape index (κ1) is 39.8. The zero-order valence-corrected chi connectivity index (χ0v) is 40.0. The molecule has 3 heteroatoms. The van der Waals surface area contributed by atoms with Gasteiger partial charge in [0.15, 0.2) is 8.07 Å². The van der Waals surface area contributed by atoms with Crippen molar-refractivity contribution in [2.24, 2.45) is 0 Å². The molecule has 0 amide bonds. The lowest BCUT2D eigenvalue weighted by Gasteiger charge is -2.34. The summed E-state index contributed by atoms with van der Waals surface area (Å²) in [5, 5.41) is 10.1. The van der Waals surface area contributed by atoms with E-state index in [9.17, 15) is 0 Å². The van der Waals surface area contributed by atoms with E-state index in [0.29, 0.717) is 0 Å². The van der Waals surface area contributed by atoms with E-state index >= 15 is 0 Å². The van der Waals surface area contributed by atoms with Gasteiger partial charge in [-0.3, -0.25) is 0 Å². The number of anilines is 3. The van der Waals surface area contributed by atoms with Crippen molar-refractivity contribution in [3.63, 3.8) is 0 Å². The van der Waals surface area contributed by atoms with Crippen LogP contribution in [0.5, 0.6) is 0 Å². The molecular formula is C64H49NSi2. The van der Waals surface area contributed by atoms with E-state index in [1.54, 1.807) is 0 Å². The molecule has 2 aliphatic heterocycles. The van der Waals surface area contributed by atoms with Gasteiger partial charge in [-0.25, -0.2) is 0 Å². The highest BCUT2D eigenvalue weighted by Crippen LogP contribution is 2.54. The fourth-order valence-corrected chi connectivity index (χ4v) is 22.1. The predicted octanol–water partition coefficient (Wildman–Crippen LogP) is 11.2. The molecule has 2 heterocycles. The number of hydrogen-bond acceptors (Lipinski definition) is 1. The standard InChI is InChI=1S/C64H49NSi2/c1-44-39-48(42-51(40-44)67(49-24-8-5-9-25-49)62-35-18-13-30-56(62)57-31-14-19-36-63(57)67)65(46-23-20-26-50(41-46)66(3)60-33-16-11-28-54(60)55-29-12-17-34-61(55)66)47-37-38-53-52-27-10-15-32-58(52)64(2,59(53)43-47)45-21-6-4-7-22-45/h4-43H,1-3H3. The molecule has 0 spiro atoms. The van der Waals surface area contributed by atoms with Crippen LogP contribution in [0.25, 0.3) is 33.4 Å². The highest BCUT2D eigenvalue weighted by atomic mass is 28.3. The maximum absolute atomic E-state index is 2.81. The van der Waals surface area contributed by atoms with Crippen LogP contribution in [-0.4, -0.2) is 16.1 Å². The van der Waals surface area contributed by atoms with Crippen LogP contribution in [-0.2, 0) is 5.41 Å². The summed E-state index contributed by atoms with van der Waals surface area (Å²) in [7, 11) is -5.21. The fraction of sp³-hybridized carbons (Fsp3) is 0.0625. The van der Waals surface area contributed by atoms with Crippen molar-refractivity contribution in [1.82, 2.24) is 0 Å². The Morgan fingerprint density at radius 1 is 0.343 bits per heavy atom. The molecule has 0 bridgehead atoms. The summed E-state index contributed by atoms with van der Waals surface area (Å²) in [6.45, 7) is 7.29. The lowest BCUT2D eigenvalue weighted by molar-refractivity contribution is 0.714. The molecule has 10 aromatic rings. The monoisotopic (exact) mass is 887 g/mol. The largest absolute Gasteiger partial charge is 0.310 e. The number of rotatable bonds is 7. The van der Waals surface area contributed by atoms with E-state index in [0.717, 1.165) is 5.69 Å². The van der Waals surface area contributed by atoms with Crippen molar-refractivity contribution < 1.29 is 0 Å². The van der Waals surface area contributed by atoms with Gasteiger partial charge in [0.05, 0.1) is 0 Å². The summed E-state index contributed by atoms with van der Waals surface area (Å²) in [6.07, 6.45) is 0. The third-order valence-corrected chi connectivity index (χ3v) is 25.1. The Labute approximate surface area is 396 Å². The minimum atomic E-state index is -2.81. The summed E-state index contributed by atoms with van der Waals surface area (Å²) in [5.41, 5.74) is 16.5. The van der Waals surface area contributed by atoms with E-state index in [4.69, 9.17) is 0 Å². The average Bonchev–Trinajstić information content (AvgIpc) is 3.94. The Morgan fingerprint density at radius 3 is 1.46 bits per heavy atom. The summed E-state index contributed by atoms with van der Waals surface area (Å²) in [4.78, 5) is 2.58. The van der Waals surface area contributed by atoms with Crippen molar-refractivity contribution in [2.75, 3.05) is 4.90 Å². The molecule has 1 atom stereocenters. The van der Waals surface area contributed by atoms with Gasteiger partial charge in [0.25, 0.3) is 0 Å². The SMILES string of the molecule is Cc1cc(N(c2cccc([Si]3(C)c4ccccc4-c4ccccc43)c2)c2ccc3c(c2)C(C)(c2ccccc2)c2ccccc2-3)cc([Si]2(c3ccccc3)c3ccccc3-c3ccccc32)c1. The predicted molar refractivity (Wildman–Crippen MR) is 288 cm³/mol. The topological polar surface area (TPSA) is 3.24 Å². The molecule has 0 radical (unpaired) electrons. The summed E-state index contributed by atoms with van der Waals surface area (Å²) < 4.78 is 0. The molecular weight excluding hydrogens is 839 g/mol. The van der Waals surface area contributed by atoms with Gasteiger partial charge in [-0.2, -0.15) is 0 Å². The van der Waals surface area contributed by atoms with Crippen molar-refractivity contribution >= 4 is 69.5 Å². The van der Waals surface area contributed by atoms with Crippen LogP contribution < -0.4 is 41.2 Å². The summed E-state index contributed by atoms with van der Waals surface area (Å²) in [6, 6.07) is 92.7. The van der Waals surface area contributed by atoms with Crippen molar-refractivity contribution in [1.29, 1.82) is 0 Å². The number of nitrogens with zero attached hydrogens (tertiary/aromatic N) is 1. The van der Waals surface area contributed by atoms with Crippen molar-refractivity contribution in [2.45, 2.75) is 25.8 Å². The third kappa shape index (κ3) is 5.59. The molecule has 1 nitrogen and oxygen atoms in total. The minimum Gasteiger partial charge on any atom is -0.310 e. The van der Waals surface area contributed by atoms with Crippen molar-refractivity contribution in [3.05, 3.63) is 265 Å². The smallest absolute Gasteiger partial charge is 0.180 e. The van der Waals surface area contributed by atoms with Gasteiger partial charge in [0.2, 0.25) is 0 Å². The summed E-state index contributed by atoms with van der Waals surface area (Å²) in [5.74, 6) is 0. The molecule has 3 aliphatic rings. The minimum absolute atomic E-state index is 0.340. The second kappa shape index (κ2) is 15.0. The number of aryl methyl sites for hydroxylation is 1. The molecule has 0 saturated heterocycles. The maximum atomic E-state index is 2.58. The van der Waals surface area contributed by atoms with Gasteiger partial charge in [0.1, 0.15) is 8.07 Å². The number of hydrogen-bond donors (Lipinski definition) is 0. The highest BCUT2D eigenvalue weighted by molar-refractivity contribution is 7.22. The van der Waals surface area contributed by atoms with Gasteiger partial charge < -0.3 is 4.90 Å². The molecule has 0 aromatic heterocycles. The lowest BCUT2D eigenvalue weighted by atomic mass is 9.74. The Bertz CT molecular complexity index is 3500. The average molecular weight is 888 g/mol. The van der Waals surface area contributed by atoms with Crippen LogP contribution >= 0.6 is 0 Å². The molecule has 1 aliphatic carbocycles. The van der Waals surface area contributed by atoms with Gasteiger partial charge in [-0.05, 0) is 142 Å². The Balaban J connectivity index is 1.08. The fourth-order valence-electron chi connectivity index (χ4n) is 12.7. The molecule has 1 unspecified atom stereocenters. The zero-order chi connectivity index (χ0) is 44.9. The first-order valence-corrected chi connectivity index (χ1v) is 28.2. The maximum Gasteiger partial charge on any atom is 0.180 e. The van der Waals surface area contributed by atoms with E-state index in [1.807, 2.05) is 0 Å². The first-order chi connectivity index (χ1) is 32.9. The third-order valence-electron chi connectivity index (χ3n) is 15.7. The molecule has 0 fully saturated rings. The quantitative estimate of drug-likeness (QED) is 0.144. The van der Waals surface area contributed by atoms with Crippen LogP contribution in [0.15, 0.2) is 243 Å². The van der Waals surface area contributed by atoms with Crippen LogP contribution in [0.1, 0.15) is 29.2 Å². The van der Waals surface area contributed by atoms with Crippen LogP contribution in [0.2, 0.25) is 6.55 Å². The highest BCUT2D eigenvalue weighted by Gasteiger charge is 2.49. The normalized spacial score (nSPS) is 16.3. The summed E-state index contributed by atoms with van der Waals surface area (Å²) >= 11 is 0. The van der Waals surface area contributed by atoms with E-state index in [1.165, 1.54) is 103 Å². The molecule has 0 N–H and O–H groups in total. The van der Waals surface area contributed by atoms with Crippen LogP contribution in [0.3, 0.4) is 0 Å². The van der Waals surface area contributed by atoms with E-state index < -0.39 is 16.1 Å². The second-order valence-corrected chi connectivity index (χ2v) is 26.8. The van der Waals surface area contributed by atoms with E-state index in [-0.39, 0.29) is 5.41 Å². The van der Waals surface area contributed by atoms with Crippen LogP contribution in [0.4, 0.5) is 17.1 Å². The Hall–Kier alpha value is -7.57. The Morgan fingerprint density at radius 2 is 0.821 bits per heavy atom. The Kier molecular flexibility index (Phi) is 8.89. The van der Waals surface area contributed by atoms with Gasteiger partial charge in [-0.15, -0.1) is 0 Å². The number of fused-ring (bicyclic) bond motifs is 9. The van der Waals surface area contributed by atoms with E-state index in [2.05, 4.69) is 268 Å². The number of benzene rings is 10. The lowest BCUT2D eigenvalue weighted by Crippen LogP contribution is -2.72.